The van der Waals surface area contributed by atoms with Gasteiger partial charge in [0, 0.05) is 33.0 Å². The zero-order valence-corrected chi connectivity index (χ0v) is 14.2. The van der Waals surface area contributed by atoms with E-state index in [9.17, 15) is 9.59 Å². The highest BCUT2D eigenvalue weighted by molar-refractivity contribution is 7.98. The van der Waals surface area contributed by atoms with E-state index in [1.807, 2.05) is 24.3 Å². The fourth-order valence-corrected chi connectivity index (χ4v) is 3.80. The van der Waals surface area contributed by atoms with E-state index >= 15 is 0 Å². The predicted molar refractivity (Wildman–Crippen MR) is 95.9 cm³/mol. The molecule has 1 amide bonds. The summed E-state index contributed by atoms with van der Waals surface area (Å²) < 4.78 is 5.45. The van der Waals surface area contributed by atoms with Crippen LogP contribution >= 0.6 is 11.8 Å². The van der Waals surface area contributed by atoms with Crippen LogP contribution < -0.4 is 5.32 Å². The number of rotatable bonds is 3. The van der Waals surface area contributed by atoms with E-state index < -0.39 is 0 Å². The number of Topliss-reactive ketones (excluding diaryl/α,β-unsaturated/α-hetero) is 1. The molecule has 0 radical (unpaired) electrons. The molecule has 124 valence electrons. The largest absolute Gasteiger partial charge is 0.355 e. The number of nitrogens with zero attached hydrogens (tertiary/aromatic N) is 1. The minimum absolute atomic E-state index is 0.0147. The first-order chi connectivity index (χ1) is 12.1. The molecule has 1 aromatic heterocycles. The Kier molecular flexibility index (Phi) is 3.89. The van der Waals surface area contributed by atoms with E-state index in [0.717, 1.165) is 16.0 Å². The predicted octanol–water partition coefficient (Wildman–Crippen LogP) is 4.40. The van der Waals surface area contributed by atoms with Gasteiger partial charge in [-0.2, -0.15) is 0 Å². The number of carbonyl (C=O) groups is 2. The summed E-state index contributed by atoms with van der Waals surface area (Å²) in [6, 6.07) is 14.7. The van der Waals surface area contributed by atoms with Crippen molar-refractivity contribution >= 4 is 29.1 Å². The van der Waals surface area contributed by atoms with Crippen LogP contribution in [0.5, 0.6) is 0 Å². The van der Waals surface area contributed by atoms with Gasteiger partial charge in [-0.3, -0.25) is 9.59 Å². The Balaban J connectivity index is 1.60. The van der Waals surface area contributed by atoms with Gasteiger partial charge in [-0.25, -0.2) is 0 Å². The minimum atomic E-state index is -0.319. The number of ketones is 1. The summed E-state index contributed by atoms with van der Waals surface area (Å²) in [4.78, 5) is 25.0. The number of amides is 1. The van der Waals surface area contributed by atoms with Crippen LogP contribution in [0, 0.1) is 0 Å². The van der Waals surface area contributed by atoms with Gasteiger partial charge in [0.05, 0.1) is 0 Å². The maximum absolute atomic E-state index is 12.6. The van der Waals surface area contributed by atoms with Crippen molar-refractivity contribution in [3.05, 3.63) is 65.4 Å². The highest BCUT2D eigenvalue weighted by Crippen LogP contribution is 2.42. The normalized spacial score (nSPS) is 12.2. The van der Waals surface area contributed by atoms with Gasteiger partial charge in [0.25, 0.3) is 5.91 Å². The maximum atomic E-state index is 12.6. The molecule has 2 aromatic carbocycles. The Labute approximate surface area is 148 Å². The molecule has 6 heteroatoms. The van der Waals surface area contributed by atoms with Crippen molar-refractivity contribution in [2.75, 3.05) is 5.32 Å². The van der Waals surface area contributed by atoms with Gasteiger partial charge < -0.3 is 9.84 Å². The molecule has 0 saturated carbocycles. The number of thioether (sulfide) groups is 1. The second-order valence-corrected chi connectivity index (χ2v) is 6.73. The van der Waals surface area contributed by atoms with Crippen LogP contribution in [-0.2, 0) is 5.75 Å². The third-order valence-electron chi connectivity index (χ3n) is 4.06. The zero-order valence-electron chi connectivity index (χ0n) is 13.4. The van der Waals surface area contributed by atoms with Crippen LogP contribution in [0.15, 0.2) is 57.9 Å². The molecule has 0 aliphatic carbocycles. The molecule has 0 bridgehead atoms. The molecule has 4 rings (SSSR count). The zero-order chi connectivity index (χ0) is 17.4. The molecular weight excluding hydrogens is 336 g/mol. The number of nitrogens with one attached hydrogen (secondary N) is 1. The lowest BCUT2D eigenvalue weighted by atomic mass is 10.1. The maximum Gasteiger partial charge on any atom is 0.278 e. The van der Waals surface area contributed by atoms with Crippen molar-refractivity contribution in [3.63, 3.8) is 0 Å². The molecule has 1 aliphatic heterocycles. The second-order valence-electron chi connectivity index (χ2n) is 5.71. The van der Waals surface area contributed by atoms with E-state index in [-0.39, 0.29) is 11.7 Å². The molecule has 2 heterocycles. The van der Waals surface area contributed by atoms with Gasteiger partial charge in [0.15, 0.2) is 17.2 Å². The molecule has 1 aliphatic rings. The Morgan fingerprint density at radius 1 is 1.12 bits per heavy atom. The summed E-state index contributed by atoms with van der Waals surface area (Å²) in [6.45, 7) is 1.50. The van der Waals surface area contributed by atoms with Crippen molar-refractivity contribution in [1.82, 2.24) is 5.16 Å². The Morgan fingerprint density at radius 2 is 1.88 bits per heavy atom. The van der Waals surface area contributed by atoms with Crippen LogP contribution in [0.2, 0.25) is 0 Å². The van der Waals surface area contributed by atoms with Crippen LogP contribution in [0.3, 0.4) is 0 Å². The lowest BCUT2D eigenvalue weighted by molar-refractivity contribution is 0.101. The fourth-order valence-electron chi connectivity index (χ4n) is 2.74. The van der Waals surface area contributed by atoms with Crippen molar-refractivity contribution < 1.29 is 14.1 Å². The lowest BCUT2D eigenvalue weighted by Gasteiger charge is -2.13. The average molecular weight is 350 g/mol. The summed E-state index contributed by atoms with van der Waals surface area (Å²) in [5.41, 5.74) is 3.28. The number of benzene rings is 2. The fraction of sp³-hybridized carbons (Fsp3) is 0.105. The smallest absolute Gasteiger partial charge is 0.278 e. The Bertz CT molecular complexity index is 977. The first kappa shape index (κ1) is 15.7. The molecule has 25 heavy (non-hydrogen) atoms. The monoisotopic (exact) mass is 350 g/mol. The van der Waals surface area contributed by atoms with Crippen LogP contribution in [0.1, 0.15) is 33.3 Å². The van der Waals surface area contributed by atoms with Crippen molar-refractivity contribution in [3.8, 4) is 11.3 Å². The van der Waals surface area contributed by atoms with Crippen LogP contribution in [0.25, 0.3) is 11.3 Å². The molecule has 5 nitrogen and oxygen atoms in total. The molecule has 0 atom stereocenters. The lowest BCUT2D eigenvalue weighted by Crippen LogP contribution is -2.14. The summed E-state index contributed by atoms with van der Waals surface area (Å²) in [5, 5.41) is 6.79. The van der Waals surface area contributed by atoms with Gasteiger partial charge in [0.1, 0.15) is 0 Å². The Hall–Kier alpha value is -2.86. The molecule has 0 unspecified atom stereocenters. The third kappa shape index (κ3) is 2.85. The average Bonchev–Trinajstić information content (AvgIpc) is 3.07. The SMILES string of the molecule is CC(=O)c1ccc(NC(=O)c2noc3c2CSc2ccccc2-3)cc1. The number of fused-ring (bicyclic) bond motifs is 3. The quantitative estimate of drug-likeness (QED) is 0.709. The van der Waals surface area contributed by atoms with Gasteiger partial charge >= 0.3 is 0 Å². The van der Waals surface area contributed by atoms with E-state index in [2.05, 4.69) is 10.5 Å². The second kappa shape index (κ2) is 6.22. The summed E-state index contributed by atoms with van der Waals surface area (Å²) >= 11 is 1.66. The van der Waals surface area contributed by atoms with Crippen molar-refractivity contribution in [2.45, 2.75) is 17.6 Å². The first-order valence-electron chi connectivity index (χ1n) is 7.76. The molecule has 0 saturated heterocycles. The van der Waals surface area contributed by atoms with E-state index in [1.54, 1.807) is 36.0 Å². The van der Waals surface area contributed by atoms with E-state index in [4.69, 9.17) is 4.52 Å². The van der Waals surface area contributed by atoms with E-state index in [0.29, 0.717) is 28.5 Å². The topological polar surface area (TPSA) is 72.2 Å². The summed E-state index contributed by atoms with van der Waals surface area (Å²) in [6.07, 6.45) is 0. The number of anilines is 1. The minimum Gasteiger partial charge on any atom is -0.355 e. The Morgan fingerprint density at radius 3 is 2.64 bits per heavy atom. The molecular formula is C19H14N2O3S. The van der Waals surface area contributed by atoms with Crippen molar-refractivity contribution in [2.24, 2.45) is 0 Å². The summed E-state index contributed by atoms with van der Waals surface area (Å²) in [7, 11) is 0. The van der Waals surface area contributed by atoms with Crippen molar-refractivity contribution in [1.29, 1.82) is 0 Å². The number of hydrogen-bond acceptors (Lipinski definition) is 5. The van der Waals surface area contributed by atoms with Gasteiger partial charge in [-0.1, -0.05) is 17.3 Å². The number of carbonyl (C=O) groups excluding carboxylic acids is 2. The summed E-state index contributed by atoms with van der Waals surface area (Å²) in [5.74, 6) is 0.966. The van der Waals surface area contributed by atoms with Crippen LogP contribution in [-0.4, -0.2) is 16.8 Å². The number of hydrogen-bond donors (Lipinski definition) is 1. The van der Waals surface area contributed by atoms with E-state index in [1.165, 1.54) is 6.92 Å². The van der Waals surface area contributed by atoms with Crippen LogP contribution in [0.4, 0.5) is 5.69 Å². The molecule has 0 fully saturated rings. The van der Waals surface area contributed by atoms with Gasteiger partial charge in [-0.15, -0.1) is 11.8 Å². The molecule has 1 N–H and O–H groups in total. The standard InChI is InChI=1S/C19H14N2O3S/c1-11(22)12-6-8-13(9-7-12)20-19(23)17-15-10-25-16-5-3-2-4-14(16)18(15)24-21-17/h2-9H,10H2,1H3,(H,20,23). The highest BCUT2D eigenvalue weighted by atomic mass is 32.2. The first-order valence-corrected chi connectivity index (χ1v) is 8.75. The number of aromatic nitrogens is 1. The molecule has 0 spiro atoms. The molecule has 3 aromatic rings. The highest BCUT2D eigenvalue weighted by Gasteiger charge is 2.27. The van der Waals surface area contributed by atoms with Gasteiger partial charge in [-0.05, 0) is 43.3 Å². The third-order valence-corrected chi connectivity index (χ3v) is 5.16. The van der Waals surface area contributed by atoms with Gasteiger partial charge in [0.2, 0.25) is 0 Å².